The smallest absolute Gasteiger partial charge is 0.409 e. The average Bonchev–Trinajstić information content (AvgIpc) is 2.90. The summed E-state index contributed by atoms with van der Waals surface area (Å²) in [6.07, 6.45) is -2.93. The van der Waals surface area contributed by atoms with Crippen LogP contribution in [0.4, 0.5) is 9.59 Å². The van der Waals surface area contributed by atoms with Gasteiger partial charge in [0.2, 0.25) is 0 Å². The number of alkyl carbamates (subject to hydrolysis) is 2. The lowest BCUT2D eigenvalue weighted by molar-refractivity contribution is -0.0940. The summed E-state index contributed by atoms with van der Waals surface area (Å²) in [7, 11) is 0. The zero-order valence-electron chi connectivity index (χ0n) is 21.2. The molecule has 188 valence electrons. The van der Waals surface area contributed by atoms with Crippen molar-refractivity contribution in [2.24, 2.45) is 0 Å². The van der Waals surface area contributed by atoms with Crippen molar-refractivity contribution in [1.82, 2.24) is 20.4 Å². The third-order valence-corrected chi connectivity index (χ3v) is 4.90. The molecule has 2 rings (SSSR count). The first kappa shape index (κ1) is 27.1. The van der Waals surface area contributed by atoms with Gasteiger partial charge in [0.25, 0.3) is 11.8 Å². The van der Waals surface area contributed by atoms with Crippen LogP contribution in [0.15, 0.2) is 24.3 Å². The quantitative estimate of drug-likeness (QED) is 0.458. The highest BCUT2D eigenvalue weighted by Gasteiger charge is 2.36. The summed E-state index contributed by atoms with van der Waals surface area (Å²) in [5, 5.41) is 5.42. The van der Waals surface area contributed by atoms with Crippen molar-refractivity contribution in [3.8, 4) is 0 Å². The van der Waals surface area contributed by atoms with Crippen molar-refractivity contribution in [2.45, 2.75) is 78.9 Å². The molecule has 1 heterocycles. The Kier molecular flexibility index (Phi) is 8.31. The van der Waals surface area contributed by atoms with E-state index in [-0.39, 0.29) is 13.1 Å². The number of amides is 4. The Balaban J connectivity index is 2.14. The predicted molar refractivity (Wildman–Crippen MR) is 126 cm³/mol. The second kappa shape index (κ2) is 10.4. The zero-order chi connectivity index (χ0) is 25.8. The summed E-state index contributed by atoms with van der Waals surface area (Å²) < 4.78 is 11.0. The van der Waals surface area contributed by atoms with E-state index >= 15 is 0 Å². The first-order chi connectivity index (χ1) is 15.6. The van der Waals surface area contributed by atoms with Gasteiger partial charge in [0.05, 0.1) is 11.1 Å². The van der Waals surface area contributed by atoms with Crippen LogP contribution in [-0.4, -0.2) is 70.4 Å². The number of ether oxygens (including phenoxy) is 2. The summed E-state index contributed by atoms with van der Waals surface area (Å²) >= 11 is 0. The Bertz CT molecular complexity index is 863. The van der Waals surface area contributed by atoms with Gasteiger partial charge in [-0.15, -0.1) is 0 Å². The fourth-order valence-corrected chi connectivity index (χ4v) is 3.43. The van der Waals surface area contributed by atoms with Crippen LogP contribution in [0.2, 0.25) is 0 Å². The lowest BCUT2D eigenvalue weighted by atomic mass is 10.1. The SMILES string of the molecule is CC(OC(=O)NC(C)(C)C)N(CCN1C(=O)c2ccccc2C1=O)C(C)OC(=O)NC(C)(C)C. The van der Waals surface area contributed by atoms with Crippen LogP contribution in [0.1, 0.15) is 76.1 Å². The normalized spacial score (nSPS) is 15.6. The molecule has 1 aromatic carbocycles. The van der Waals surface area contributed by atoms with Crippen molar-refractivity contribution < 1.29 is 28.7 Å². The third-order valence-electron chi connectivity index (χ3n) is 4.90. The predicted octanol–water partition coefficient (Wildman–Crippen LogP) is 3.33. The van der Waals surface area contributed by atoms with Gasteiger partial charge in [-0.3, -0.25) is 14.5 Å². The first-order valence-electron chi connectivity index (χ1n) is 11.3. The van der Waals surface area contributed by atoms with Gasteiger partial charge in [0, 0.05) is 24.2 Å². The molecule has 0 bridgehead atoms. The molecule has 1 aromatic rings. The number of nitrogens with zero attached hydrogens (tertiary/aromatic N) is 2. The Morgan fingerprint density at radius 3 is 1.59 bits per heavy atom. The number of nitrogens with one attached hydrogen (secondary N) is 2. The minimum absolute atomic E-state index is 0.0233. The highest BCUT2D eigenvalue weighted by atomic mass is 16.6. The molecule has 4 amide bonds. The molecule has 2 N–H and O–H groups in total. The molecular formula is C24H36N4O6. The molecule has 0 aliphatic carbocycles. The van der Waals surface area contributed by atoms with Crippen LogP contribution in [0.5, 0.6) is 0 Å². The summed E-state index contributed by atoms with van der Waals surface area (Å²) in [5.41, 5.74) is -0.309. The van der Waals surface area contributed by atoms with E-state index in [9.17, 15) is 19.2 Å². The van der Waals surface area contributed by atoms with E-state index in [1.165, 1.54) is 0 Å². The van der Waals surface area contributed by atoms with Gasteiger partial charge in [-0.2, -0.15) is 0 Å². The molecule has 0 fully saturated rings. The standard InChI is InChI=1S/C24H36N4O6/c1-15(33-21(31)25-23(3,4)5)27(16(2)34-22(32)26-24(6,7)8)13-14-28-19(29)17-11-9-10-12-18(17)20(28)30/h9-12,15-16H,13-14H2,1-8H3,(H,25,31)(H,26,32). The van der Waals surface area contributed by atoms with E-state index in [2.05, 4.69) is 10.6 Å². The highest BCUT2D eigenvalue weighted by molar-refractivity contribution is 6.21. The van der Waals surface area contributed by atoms with E-state index in [4.69, 9.17) is 9.47 Å². The summed E-state index contributed by atoms with van der Waals surface area (Å²) in [6.45, 7) is 14.3. The molecule has 0 radical (unpaired) electrons. The molecule has 1 aliphatic heterocycles. The number of carbonyl (C=O) groups is 4. The zero-order valence-corrected chi connectivity index (χ0v) is 21.2. The molecule has 2 atom stereocenters. The molecule has 0 spiro atoms. The van der Waals surface area contributed by atoms with E-state index in [1.807, 2.05) is 41.5 Å². The largest absolute Gasteiger partial charge is 0.430 e. The van der Waals surface area contributed by atoms with Gasteiger partial charge in [-0.25, -0.2) is 14.5 Å². The second-order valence-electron chi connectivity index (χ2n) is 10.3. The van der Waals surface area contributed by atoms with Gasteiger partial charge < -0.3 is 20.1 Å². The molecule has 1 aliphatic rings. The Hall–Kier alpha value is -3.14. The summed E-state index contributed by atoms with van der Waals surface area (Å²) in [5.74, 6) is -0.780. The number of rotatable bonds is 7. The van der Waals surface area contributed by atoms with Crippen molar-refractivity contribution in [1.29, 1.82) is 0 Å². The van der Waals surface area contributed by atoms with Crippen LogP contribution in [0, 0.1) is 0 Å². The monoisotopic (exact) mass is 476 g/mol. The average molecular weight is 477 g/mol. The van der Waals surface area contributed by atoms with Gasteiger partial charge >= 0.3 is 12.2 Å². The van der Waals surface area contributed by atoms with Crippen LogP contribution < -0.4 is 10.6 Å². The van der Waals surface area contributed by atoms with Crippen molar-refractivity contribution in [2.75, 3.05) is 13.1 Å². The maximum absolute atomic E-state index is 12.7. The van der Waals surface area contributed by atoms with E-state index < -0.39 is 47.5 Å². The summed E-state index contributed by atoms with van der Waals surface area (Å²) in [6, 6.07) is 6.62. The molecule has 10 nitrogen and oxygen atoms in total. The van der Waals surface area contributed by atoms with Crippen LogP contribution in [0.25, 0.3) is 0 Å². The number of hydrogen-bond acceptors (Lipinski definition) is 7. The second-order valence-corrected chi connectivity index (χ2v) is 10.3. The lowest BCUT2D eigenvalue weighted by Gasteiger charge is -2.35. The van der Waals surface area contributed by atoms with Crippen LogP contribution in [0.3, 0.4) is 0 Å². The van der Waals surface area contributed by atoms with E-state index in [1.54, 1.807) is 43.0 Å². The number of fused-ring (bicyclic) bond motifs is 1. The number of benzene rings is 1. The Morgan fingerprint density at radius 2 is 1.24 bits per heavy atom. The highest BCUT2D eigenvalue weighted by Crippen LogP contribution is 2.22. The van der Waals surface area contributed by atoms with E-state index in [0.717, 1.165) is 4.90 Å². The van der Waals surface area contributed by atoms with Gasteiger partial charge in [0.1, 0.15) is 0 Å². The molecule has 0 saturated heterocycles. The minimum Gasteiger partial charge on any atom is -0.430 e. The lowest BCUT2D eigenvalue weighted by Crippen LogP contribution is -2.52. The fourth-order valence-electron chi connectivity index (χ4n) is 3.43. The molecule has 34 heavy (non-hydrogen) atoms. The molecule has 0 aromatic heterocycles. The maximum atomic E-state index is 12.7. The van der Waals surface area contributed by atoms with Gasteiger partial charge in [-0.05, 0) is 67.5 Å². The fraction of sp³-hybridized carbons (Fsp3) is 0.583. The summed E-state index contributed by atoms with van der Waals surface area (Å²) in [4.78, 5) is 52.8. The number of carbonyl (C=O) groups excluding carboxylic acids is 4. The van der Waals surface area contributed by atoms with Crippen LogP contribution >= 0.6 is 0 Å². The third kappa shape index (κ3) is 7.44. The van der Waals surface area contributed by atoms with Gasteiger partial charge in [0.15, 0.2) is 12.5 Å². The topological polar surface area (TPSA) is 117 Å². The minimum atomic E-state index is -0.824. The Labute approximate surface area is 200 Å². The van der Waals surface area contributed by atoms with Gasteiger partial charge in [-0.1, -0.05) is 12.1 Å². The Morgan fingerprint density at radius 1 is 0.853 bits per heavy atom. The van der Waals surface area contributed by atoms with Crippen molar-refractivity contribution >= 4 is 24.0 Å². The first-order valence-corrected chi connectivity index (χ1v) is 11.3. The maximum Gasteiger partial charge on any atom is 0.409 e. The van der Waals surface area contributed by atoms with Crippen molar-refractivity contribution in [3.05, 3.63) is 35.4 Å². The molecular weight excluding hydrogens is 440 g/mol. The number of hydrogen-bond donors (Lipinski definition) is 2. The molecule has 2 unspecified atom stereocenters. The van der Waals surface area contributed by atoms with Crippen molar-refractivity contribution in [3.63, 3.8) is 0 Å². The number of imide groups is 1. The van der Waals surface area contributed by atoms with E-state index in [0.29, 0.717) is 11.1 Å². The molecule has 0 saturated carbocycles. The molecule has 10 heteroatoms. The van der Waals surface area contributed by atoms with Crippen LogP contribution in [-0.2, 0) is 9.47 Å².